The number of rotatable bonds is 5. The van der Waals surface area contributed by atoms with Crippen molar-refractivity contribution in [2.75, 3.05) is 23.9 Å². The van der Waals surface area contributed by atoms with Crippen molar-refractivity contribution in [1.29, 1.82) is 0 Å². The quantitative estimate of drug-likeness (QED) is 0.803. The standard InChI is InChI=1S/C18H20N4O2S/c1-24-15-7-3-9-19-17(15)21-18(25)20-12-13-5-2-6-14(11-13)22-10-4-8-16(22)23/h2-3,5-7,9,11H,4,8,10,12H2,1H3,(H2,19,20,21,25). The molecule has 1 saturated heterocycles. The maximum atomic E-state index is 11.9. The molecule has 2 heterocycles. The second-order valence-electron chi connectivity index (χ2n) is 5.68. The van der Waals surface area contributed by atoms with Crippen LogP contribution in [0.25, 0.3) is 0 Å². The van der Waals surface area contributed by atoms with Gasteiger partial charge in [0.1, 0.15) is 0 Å². The first-order valence-corrected chi connectivity index (χ1v) is 8.51. The summed E-state index contributed by atoms with van der Waals surface area (Å²) in [4.78, 5) is 17.9. The van der Waals surface area contributed by atoms with Crippen molar-refractivity contribution in [3.63, 3.8) is 0 Å². The summed E-state index contributed by atoms with van der Waals surface area (Å²) in [5.74, 6) is 1.38. The maximum Gasteiger partial charge on any atom is 0.227 e. The van der Waals surface area contributed by atoms with Crippen molar-refractivity contribution in [1.82, 2.24) is 10.3 Å². The lowest BCUT2D eigenvalue weighted by Gasteiger charge is -2.17. The number of pyridine rings is 1. The van der Waals surface area contributed by atoms with Gasteiger partial charge in [-0.15, -0.1) is 0 Å². The van der Waals surface area contributed by atoms with Crippen LogP contribution in [-0.4, -0.2) is 29.7 Å². The molecule has 0 aliphatic carbocycles. The molecule has 1 aliphatic rings. The molecule has 0 spiro atoms. The Kier molecular flexibility index (Phi) is 5.45. The molecular weight excluding hydrogens is 336 g/mol. The topological polar surface area (TPSA) is 66.5 Å². The Balaban J connectivity index is 1.60. The van der Waals surface area contributed by atoms with E-state index >= 15 is 0 Å². The molecule has 25 heavy (non-hydrogen) atoms. The highest BCUT2D eigenvalue weighted by Gasteiger charge is 2.21. The van der Waals surface area contributed by atoms with Crippen LogP contribution in [0.5, 0.6) is 5.75 Å². The van der Waals surface area contributed by atoms with Gasteiger partial charge in [-0.3, -0.25) is 4.79 Å². The summed E-state index contributed by atoms with van der Waals surface area (Å²) in [6.45, 7) is 1.34. The molecule has 0 bridgehead atoms. The molecule has 1 aromatic heterocycles. The van der Waals surface area contributed by atoms with Crippen LogP contribution < -0.4 is 20.3 Å². The van der Waals surface area contributed by atoms with Crippen LogP contribution >= 0.6 is 12.2 Å². The van der Waals surface area contributed by atoms with E-state index in [1.165, 1.54) is 0 Å². The Bertz CT molecular complexity index is 781. The van der Waals surface area contributed by atoms with Crippen LogP contribution in [0.3, 0.4) is 0 Å². The molecule has 0 radical (unpaired) electrons. The molecule has 3 rings (SSSR count). The molecule has 2 aromatic rings. The molecule has 0 saturated carbocycles. The van der Waals surface area contributed by atoms with Gasteiger partial charge >= 0.3 is 0 Å². The summed E-state index contributed by atoms with van der Waals surface area (Å²) in [6, 6.07) is 11.5. The van der Waals surface area contributed by atoms with Crippen molar-refractivity contribution in [3.05, 3.63) is 48.2 Å². The Labute approximate surface area is 152 Å². The second-order valence-corrected chi connectivity index (χ2v) is 6.09. The number of anilines is 2. The largest absolute Gasteiger partial charge is 0.493 e. The van der Waals surface area contributed by atoms with E-state index in [4.69, 9.17) is 17.0 Å². The molecule has 2 N–H and O–H groups in total. The molecule has 1 fully saturated rings. The molecule has 1 aliphatic heterocycles. The first kappa shape index (κ1) is 17.2. The van der Waals surface area contributed by atoms with E-state index in [1.54, 1.807) is 19.4 Å². The molecule has 1 amide bonds. The Morgan fingerprint density at radius 1 is 1.36 bits per heavy atom. The zero-order chi connectivity index (χ0) is 17.6. The summed E-state index contributed by atoms with van der Waals surface area (Å²) in [7, 11) is 1.59. The van der Waals surface area contributed by atoms with E-state index in [1.807, 2.05) is 35.2 Å². The molecule has 0 atom stereocenters. The van der Waals surface area contributed by atoms with Gasteiger partial charge in [0.25, 0.3) is 0 Å². The molecule has 1 aromatic carbocycles. The number of hydrogen-bond donors (Lipinski definition) is 2. The number of methoxy groups -OCH3 is 1. The summed E-state index contributed by atoms with van der Waals surface area (Å²) in [5.41, 5.74) is 1.99. The Hall–Kier alpha value is -2.67. The number of benzene rings is 1. The third-order valence-corrected chi connectivity index (χ3v) is 4.22. The summed E-state index contributed by atoms with van der Waals surface area (Å²) < 4.78 is 5.24. The summed E-state index contributed by atoms with van der Waals surface area (Å²) >= 11 is 5.32. The van der Waals surface area contributed by atoms with Gasteiger partial charge in [0.2, 0.25) is 5.91 Å². The molecular formula is C18H20N4O2S. The van der Waals surface area contributed by atoms with Gasteiger partial charge in [-0.05, 0) is 48.5 Å². The molecule has 130 valence electrons. The zero-order valence-electron chi connectivity index (χ0n) is 14.0. The van der Waals surface area contributed by atoms with Crippen LogP contribution in [0.4, 0.5) is 11.5 Å². The van der Waals surface area contributed by atoms with Crippen molar-refractivity contribution < 1.29 is 9.53 Å². The first-order valence-electron chi connectivity index (χ1n) is 8.10. The SMILES string of the molecule is COc1cccnc1NC(=S)NCc1cccc(N2CCCC2=O)c1. The predicted molar refractivity (Wildman–Crippen MR) is 102 cm³/mol. The maximum absolute atomic E-state index is 11.9. The van der Waals surface area contributed by atoms with Crippen molar-refractivity contribution in [2.45, 2.75) is 19.4 Å². The second kappa shape index (κ2) is 7.94. The summed E-state index contributed by atoms with van der Waals surface area (Å²) in [6.07, 6.45) is 3.22. The number of aromatic nitrogens is 1. The fraction of sp³-hybridized carbons (Fsp3) is 0.278. The highest BCUT2D eigenvalue weighted by molar-refractivity contribution is 7.80. The number of nitrogens with one attached hydrogen (secondary N) is 2. The van der Waals surface area contributed by atoms with Gasteiger partial charge in [-0.2, -0.15) is 0 Å². The van der Waals surface area contributed by atoms with Crippen molar-refractivity contribution >= 4 is 34.7 Å². The van der Waals surface area contributed by atoms with Crippen LogP contribution in [-0.2, 0) is 11.3 Å². The van der Waals surface area contributed by atoms with E-state index < -0.39 is 0 Å². The van der Waals surface area contributed by atoms with Gasteiger partial charge in [0, 0.05) is 31.4 Å². The molecule has 0 unspecified atom stereocenters. The fourth-order valence-corrected chi connectivity index (χ4v) is 2.91. The molecule has 6 nitrogen and oxygen atoms in total. The minimum Gasteiger partial charge on any atom is -0.493 e. The number of nitrogens with zero attached hydrogens (tertiary/aromatic N) is 2. The van der Waals surface area contributed by atoms with Crippen LogP contribution in [0.2, 0.25) is 0 Å². The monoisotopic (exact) mass is 356 g/mol. The Morgan fingerprint density at radius 2 is 2.24 bits per heavy atom. The summed E-state index contributed by atoms with van der Waals surface area (Å²) in [5, 5.41) is 6.64. The van der Waals surface area contributed by atoms with Gasteiger partial charge in [0.15, 0.2) is 16.7 Å². The van der Waals surface area contributed by atoms with Gasteiger partial charge < -0.3 is 20.3 Å². The third kappa shape index (κ3) is 4.24. The van der Waals surface area contributed by atoms with Gasteiger partial charge in [-0.25, -0.2) is 4.98 Å². The van der Waals surface area contributed by atoms with E-state index in [2.05, 4.69) is 15.6 Å². The van der Waals surface area contributed by atoms with Crippen LogP contribution in [0.1, 0.15) is 18.4 Å². The van der Waals surface area contributed by atoms with E-state index in [9.17, 15) is 4.79 Å². The van der Waals surface area contributed by atoms with E-state index in [0.717, 1.165) is 24.2 Å². The first-order chi connectivity index (χ1) is 12.2. The smallest absolute Gasteiger partial charge is 0.227 e. The lowest BCUT2D eigenvalue weighted by atomic mass is 10.2. The number of carbonyl (C=O) groups is 1. The average molecular weight is 356 g/mol. The number of amides is 1. The predicted octanol–water partition coefficient (Wildman–Crippen LogP) is 2.70. The van der Waals surface area contributed by atoms with Gasteiger partial charge in [-0.1, -0.05) is 12.1 Å². The highest BCUT2D eigenvalue weighted by atomic mass is 32.1. The minimum atomic E-state index is 0.185. The molecule has 7 heteroatoms. The lowest BCUT2D eigenvalue weighted by molar-refractivity contribution is -0.117. The highest BCUT2D eigenvalue weighted by Crippen LogP contribution is 2.22. The van der Waals surface area contributed by atoms with Crippen molar-refractivity contribution in [3.8, 4) is 5.75 Å². The van der Waals surface area contributed by atoms with Crippen LogP contribution in [0.15, 0.2) is 42.6 Å². The zero-order valence-corrected chi connectivity index (χ0v) is 14.8. The van der Waals surface area contributed by atoms with E-state index in [-0.39, 0.29) is 5.91 Å². The Morgan fingerprint density at radius 3 is 3.00 bits per heavy atom. The van der Waals surface area contributed by atoms with Crippen molar-refractivity contribution in [2.24, 2.45) is 0 Å². The van der Waals surface area contributed by atoms with Crippen LogP contribution in [0, 0.1) is 0 Å². The van der Waals surface area contributed by atoms with E-state index in [0.29, 0.717) is 29.6 Å². The minimum absolute atomic E-state index is 0.185. The fourth-order valence-electron chi connectivity index (χ4n) is 2.74. The number of thiocarbonyl (C=S) groups is 1. The lowest BCUT2D eigenvalue weighted by Crippen LogP contribution is -2.28. The number of hydrogen-bond acceptors (Lipinski definition) is 4. The number of ether oxygens (including phenoxy) is 1. The normalized spacial score (nSPS) is 13.6. The van der Waals surface area contributed by atoms with Gasteiger partial charge in [0.05, 0.1) is 7.11 Å². The third-order valence-electron chi connectivity index (χ3n) is 3.97. The number of carbonyl (C=O) groups excluding carboxylic acids is 1. The average Bonchev–Trinajstić information content (AvgIpc) is 3.07.